The summed E-state index contributed by atoms with van der Waals surface area (Å²) in [6.07, 6.45) is 2.97. The van der Waals surface area contributed by atoms with Gasteiger partial charge in [-0.3, -0.25) is 25.4 Å². The summed E-state index contributed by atoms with van der Waals surface area (Å²) < 4.78 is 5.46. The number of hydrogen-bond acceptors (Lipinski definition) is 4. The average Bonchev–Trinajstić information content (AvgIpc) is 2.83. The van der Waals surface area contributed by atoms with Crippen molar-refractivity contribution in [1.29, 1.82) is 0 Å². The summed E-state index contributed by atoms with van der Waals surface area (Å²) in [6.45, 7) is 0. The minimum Gasteiger partial charge on any atom is -0.444 e. The molecule has 0 saturated heterocycles. The molecule has 2 N–H and O–H groups in total. The van der Waals surface area contributed by atoms with E-state index in [-0.39, 0.29) is 5.76 Å². The molecule has 6 nitrogen and oxygen atoms in total. The predicted molar refractivity (Wildman–Crippen MR) is 65.6 cm³/mol. The highest BCUT2D eigenvalue weighted by Gasteiger charge is 2.11. The Hall–Kier alpha value is -2.15. The van der Waals surface area contributed by atoms with Crippen LogP contribution in [0.4, 0.5) is 0 Å². The van der Waals surface area contributed by atoms with E-state index in [0.29, 0.717) is 10.2 Å². The van der Waals surface area contributed by atoms with E-state index in [1.165, 1.54) is 30.6 Å². The van der Waals surface area contributed by atoms with Crippen molar-refractivity contribution in [3.8, 4) is 0 Å². The van der Waals surface area contributed by atoms with Gasteiger partial charge in [0.25, 0.3) is 5.91 Å². The van der Waals surface area contributed by atoms with Crippen molar-refractivity contribution in [2.45, 2.75) is 0 Å². The molecule has 0 unspecified atom stereocenters. The second-order valence-electron chi connectivity index (χ2n) is 3.25. The molecule has 2 aromatic heterocycles. The third-order valence-corrected chi connectivity index (χ3v) is 2.46. The number of amides is 2. The molecule has 0 aliphatic heterocycles. The van der Waals surface area contributed by atoms with Crippen LogP contribution in [0.25, 0.3) is 0 Å². The van der Waals surface area contributed by atoms with Crippen LogP contribution in [0.5, 0.6) is 0 Å². The summed E-state index contributed by atoms with van der Waals surface area (Å²) in [5, 5.41) is 0. The van der Waals surface area contributed by atoms with Gasteiger partial charge >= 0.3 is 5.91 Å². The van der Waals surface area contributed by atoms with Crippen molar-refractivity contribution in [3.05, 3.63) is 52.7 Å². The number of halogens is 1. The Bertz CT molecular complexity index is 568. The molecule has 2 heterocycles. The largest absolute Gasteiger partial charge is 0.444 e. The van der Waals surface area contributed by atoms with Gasteiger partial charge in [-0.2, -0.15) is 0 Å². The van der Waals surface area contributed by atoms with Gasteiger partial charge in [0.2, 0.25) is 0 Å². The van der Waals surface area contributed by atoms with Crippen LogP contribution >= 0.6 is 15.9 Å². The molecule has 92 valence electrons. The zero-order valence-electron chi connectivity index (χ0n) is 9.01. The summed E-state index contributed by atoms with van der Waals surface area (Å²) in [4.78, 5) is 26.9. The first kappa shape index (κ1) is 12.3. The van der Waals surface area contributed by atoms with Crippen molar-refractivity contribution in [3.63, 3.8) is 0 Å². The molecule has 0 saturated carbocycles. The Morgan fingerprint density at radius 2 is 1.72 bits per heavy atom. The molecular weight excluding hydrogens is 302 g/mol. The quantitative estimate of drug-likeness (QED) is 0.824. The monoisotopic (exact) mass is 309 g/mol. The van der Waals surface area contributed by atoms with Crippen molar-refractivity contribution in [2.75, 3.05) is 0 Å². The number of furan rings is 1. The van der Waals surface area contributed by atoms with Gasteiger partial charge < -0.3 is 4.42 Å². The zero-order chi connectivity index (χ0) is 13.0. The Morgan fingerprint density at radius 1 is 1.06 bits per heavy atom. The van der Waals surface area contributed by atoms with Crippen LogP contribution in [0.2, 0.25) is 0 Å². The summed E-state index contributed by atoms with van der Waals surface area (Å²) in [5.74, 6) is -0.878. The fourth-order valence-corrected chi connectivity index (χ4v) is 1.49. The first-order valence-electron chi connectivity index (χ1n) is 4.93. The molecule has 2 amide bonds. The number of rotatable bonds is 2. The predicted octanol–water partition coefficient (Wildman–Crippen LogP) is 1.51. The van der Waals surface area contributed by atoms with Crippen LogP contribution in [-0.2, 0) is 0 Å². The third-order valence-electron chi connectivity index (χ3n) is 2.03. The lowest BCUT2D eigenvalue weighted by molar-refractivity contribution is 0.0830. The van der Waals surface area contributed by atoms with Crippen molar-refractivity contribution in [2.24, 2.45) is 0 Å². The zero-order valence-corrected chi connectivity index (χ0v) is 10.6. The second kappa shape index (κ2) is 5.46. The minimum absolute atomic E-state index is 0.0944. The van der Waals surface area contributed by atoms with E-state index in [1.54, 1.807) is 6.07 Å². The number of hydrazine groups is 1. The van der Waals surface area contributed by atoms with Crippen molar-refractivity contribution < 1.29 is 14.0 Å². The van der Waals surface area contributed by atoms with Crippen molar-refractivity contribution in [1.82, 2.24) is 15.8 Å². The number of aromatic nitrogens is 1. The van der Waals surface area contributed by atoms with Gasteiger partial charge in [-0.05, 0) is 40.2 Å². The highest BCUT2D eigenvalue weighted by Crippen LogP contribution is 2.13. The number of nitrogens with one attached hydrogen (secondary N) is 2. The topological polar surface area (TPSA) is 84.2 Å². The van der Waals surface area contributed by atoms with E-state index in [4.69, 9.17) is 4.42 Å². The molecule has 0 bridgehead atoms. The van der Waals surface area contributed by atoms with Crippen LogP contribution in [-0.4, -0.2) is 16.8 Å². The minimum atomic E-state index is -0.539. The van der Waals surface area contributed by atoms with Crippen LogP contribution in [0.15, 0.2) is 45.7 Å². The standard InChI is InChI=1S/C11H8BrN3O3/c12-9-2-1-8(18-9)11(17)15-14-10(16)7-3-5-13-6-4-7/h1-6H,(H,14,16)(H,15,17). The van der Waals surface area contributed by atoms with E-state index < -0.39 is 11.8 Å². The molecule has 0 fully saturated rings. The Kier molecular flexibility index (Phi) is 3.73. The Morgan fingerprint density at radius 3 is 2.33 bits per heavy atom. The van der Waals surface area contributed by atoms with Gasteiger partial charge in [-0.15, -0.1) is 0 Å². The molecule has 0 atom stereocenters. The molecule has 7 heteroatoms. The van der Waals surface area contributed by atoms with E-state index in [9.17, 15) is 9.59 Å². The van der Waals surface area contributed by atoms with Gasteiger partial charge in [0, 0.05) is 18.0 Å². The molecule has 0 aromatic carbocycles. The van der Waals surface area contributed by atoms with Crippen LogP contribution < -0.4 is 10.9 Å². The summed E-state index contributed by atoms with van der Waals surface area (Å²) in [7, 11) is 0. The molecule has 0 aliphatic rings. The molecular formula is C11H8BrN3O3. The summed E-state index contributed by atoms with van der Waals surface area (Å²) >= 11 is 3.08. The van der Waals surface area contributed by atoms with Crippen LogP contribution in [0.3, 0.4) is 0 Å². The molecule has 0 aliphatic carbocycles. The number of hydrogen-bond donors (Lipinski definition) is 2. The van der Waals surface area contributed by atoms with E-state index in [1.807, 2.05) is 0 Å². The summed E-state index contributed by atoms with van der Waals surface area (Å²) in [5.41, 5.74) is 4.90. The van der Waals surface area contributed by atoms with Gasteiger partial charge in [0.15, 0.2) is 10.4 Å². The smallest absolute Gasteiger partial charge is 0.305 e. The lowest BCUT2D eigenvalue weighted by atomic mass is 10.3. The van der Waals surface area contributed by atoms with Gasteiger partial charge in [0.1, 0.15) is 0 Å². The number of carbonyl (C=O) groups is 2. The Balaban J connectivity index is 1.92. The van der Waals surface area contributed by atoms with E-state index in [2.05, 4.69) is 31.8 Å². The maximum absolute atomic E-state index is 11.6. The van der Waals surface area contributed by atoms with Gasteiger partial charge in [-0.1, -0.05) is 0 Å². The normalized spacial score (nSPS) is 9.83. The highest BCUT2D eigenvalue weighted by molar-refractivity contribution is 9.10. The summed E-state index contributed by atoms with van der Waals surface area (Å²) in [6, 6.07) is 6.13. The van der Waals surface area contributed by atoms with E-state index >= 15 is 0 Å². The second-order valence-corrected chi connectivity index (χ2v) is 4.03. The molecule has 0 radical (unpaired) electrons. The average molecular weight is 310 g/mol. The molecule has 0 spiro atoms. The van der Waals surface area contributed by atoms with Crippen LogP contribution in [0.1, 0.15) is 20.9 Å². The third kappa shape index (κ3) is 2.95. The maximum atomic E-state index is 11.6. The fraction of sp³-hybridized carbons (Fsp3) is 0. The van der Waals surface area contributed by atoms with Crippen LogP contribution in [0, 0.1) is 0 Å². The molecule has 18 heavy (non-hydrogen) atoms. The molecule has 2 rings (SSSR count). The first-order chi connectivity index (χ1) is 8.66. The number of nitrogens with zero attached hydrogens (tertiary/aromatic N) is 1. The van der Waals surface area contributed by atoms with E-state index in [0.717, 1.165) is 0 Å². The van der Waals surface area contributed by atoms with Crippen molar-refractivity contribution >= 4 is 27.7 Å². The first-order valence-corrected chi connectivity index (χ1v) is 5.72. The lowest BCUT2D eigenvalue weighted by Gasteiger charge is -2.05. The number of carbonyl (C=O) groups excluding carboxylic acids is 2. The SMILES string of the molecule is O=C(NNC(=O)c1ccc(Br)o1)c1ccncc1. The number of pyridine rings is 1. The van der Waals surface area contributed by atoms with Gasteiger partial charge in [0.05, 0.1) is 0 Å². The highest BCUT2D eigenvalue weighted by atomic mass is 79.9. The lowest BCUT2D eigenvalue weighted by Crippen LogP contribution is -2.41. The Labute approximate surface area is 110 Å². The maximum Gasteiger partial charge on any atom is 0.305 e. The van der Waals surface area contributed by atoms with Gasteiger partial charge in [-0.25, -0.2) is 0 Å². The molecule has 2 aromatic rings. The fourth-order valence-electron chi connectivity index (χ4n) is 1.19.